The maximum atomic E-state index is 6.02. The van der Waals surface area contributed by atoms with Crippen LogP contribution in [-0.2, 0) is 10.2 Å². The van der Waals surface area contributed by atoms with Crippen molar-refractivity contribution in [1.29, 1.82) is 0 Å². The minimum atomic E-state index is -0.0286. The van der Waals surface area contributed by atoms with Crippen molar-refractivity contribution in [3.8, 4) is 0 Å². The van der Waals surface area contributed by atoms with Crippen molar-refractivity contribution in [3.05, 3.63) is 34.9 Å². The van der Waals surface area contributed by atoms with Gasteiger partial charge >= 0.3 is 0 Å². The fraction of sp³-hybridized carbons (Fsp3) is 0.650. The summed E-state index contributed by atoms with van der Waals surface area (Å²) in [4.78, 5) is 7.39. The van der Waals surface area contributed by atoms with Crippen molar-refractivity contribution in [2.75, 3.05) is 39.4 Å². The highest BCUT2D eigenvalue weighted by Gasteiger charge is 2.42. The van der Waals surface area contributed by atoms with Gasteiger partial charge in [-0.1, -0.05) is 37.6 Å². The Morgan fingerprint density at radius 3 is 2.72 bits per heavy atom. The second-order valence-corrected chi connectivity index (χ2v) is 8.47. The molecule has 1 aromatic carbocycles. The molecule has 1 atom stereocenters. The van der Waals surface area contributed by atoms with Crippen LogP contribution in [0.1, 0.15) is 39.2 Å². The second-order valence-electron chi connectivity index (χ2n) is 8.04. The molecular formula is C20H30ClN3O. The minimum absolute atomic E-state index is 0.0286. The number of guanidine groups is 1. The lowest BCUT2D eigenvalue weighted by atomic mass is 9.85. The first-order chi connectivity index (χ1) is 11.9. The molecule has 0 saturated carbocycles. The Morgan fingerprint density at radius 1 is 1.32 bits per heavy atom. The van der Waals surface area contributed by atoms with Crippen LogP contribution in [0.5, 0.6) is 0 Å². The fourth-order valence-corrected chi connectivity index (χ4v) is 3.90. The number of aliphatic imine (C=N–C) groups is 1. The van der Waals surface area contributed by atoms with Gasteiger partial charge in [0.1, 0.15) is 0 Å². The van der Waals surface area contributed by atoms with Gasteiger partial charge in [0.2, 0.25) is 0 Å². The van der Waals surface area contributed by atoms with Gasteiger partial charge < -0.3 is 15.0 Å². The van der Waals surface area contributed by atoms with Crippen LogP contribution in [0.25, 0.3) is 0 Å². The molecule has 2 fully saturated rings. The van der Waals surface area contributed by atoms with Crippen LogP contribution in [0, 0.1) is 5.41 Å². The molecule has 2 aliphatic heterocycles. The first kappa shape index (κ1) is 18.5. The number of rotatable bonds is 4. The Kier molecular flexibility index (Phi) is 5.59. The number of nitrogens with zero attached hydrogens (tertiary/aromatic N) is 2. The van der Waals surface area contributed by atoms with Crippen molar-refractivity contribution >= 4 is 17.6 Å². The smallest absolute Gasteiger partial charge is 0.193 e. The van der Waals surface area contributed by atoms with E-state index in [1.54, 1.807) is 0 Å². The monoisotopic (exact) mass is 363 g/mol. The lowest BCUT2D eigenvalue weighted by Crippen LogP contribution is -2.42. The number of hydrogen-bond acceptors (Lipinski definition) is 2. The van der Waals surface area contributed by atoms with Crippen molar-refractivity contribution in [2.45, 2.75) is 39.0 Å². The summed E-state index contributed by atoms with van der Waals surface area (Å²) in [6, 6.07) is 8.12. The largest absolute Gasteiger partial charge is 0.381 e. The average molecular weight is 364 g/mol. The van der Waals surface area contributed by atoms with Gasteiger partial charge in [-0.15, -0.1) is 0 Å². The van der Waals surface area contributed by atoms with E-state index in [9.17, 15) is 0 Å². The highest BCUT2D eigenvalue weighted by molar-refractivity contribution is 6.30. The Hall–Kier alpha value is -1.26. The molecule has 2 aliphatic rings. The van der Waals surface area contributed by atoms with Gasteiger partial charge in [0.05, 0.1) is 13.2 Å². The Labute approximate surface area is 156 Å². The molecule has 1 spiro atoms. The van der Waals surface area contributed by atoms with E-state index in [0.717, 1.165) is 50.4 Å². The van der Waals surface area contributed by atoms with Crippen LogP contribution in [-0.4, -0.2) is 50.3 Å². The summed E-state index contributed by atoms with van der Waals surface area (Å²) in [6.07, 6.45) is 2.39. The third-order valence-electron chi connectivity index (χ3n) is 5.51. The van der Waals surface area contributed by atoms with E-state index in [4.69, 9.17) is 21.3 Å². The Balaban J connectivity index is 1.70. The van der Waals surface area contributed by atoms with Crippen molar-refractivity contribution < 1.29 is 4.74 Å². The van der Waals surface area contributed by atoms with Gasteiger partial charge in [-0.3, -0.25) is 4.99 Å². The van der Waals surface area contributed by atoms with Crippen molar-refractivity contribution in [2.24, 2.45) is 10.4 Å². The van der Waals surface area contributed by atoms with E-state index < -0.39 is 0 Å². The zero-order valence-electron chi connectivity index (χ0n) is 15.6. The van der Waals surface area contributed by atoms with Gasteiger partial charge in [-0.05, 0) is 37.5 Å². The van der Waals surface area contributed by atoms with Crippen LogP contribution in [0.4, 0.5) is 0 Å². The Morgan fingerprint density at radius 2 is 2.08 bits per heavy atom. The highest BCUT2D eigenvalue weighted by atomic mass is 35.5. The maximum absolute atomic E-state index is 6.02. The van der Waals surface area contributed by atoms with Gasteiger partial charge in [-0.25, -0.2) is 0 Å². The molecule has 0 aliphatic carbocycles. The zero-order valence-corrected chi connectivity index (χ0v) is 16.4. The molecule has 0 radical (unpaired) electrons. The summed E-state index contributed by atoms with van der Waals surface area (Å²) >= 11 is 6.02. The SMILES string of the molecule is CCNC(=NCC(C)(C)c1ccc(Cl)cc1)N1CCC2(CCOC2)C1. The molecular weight excluding hydrogens is 334 g/mol. The van der Waals surface area contributed by atoms with Crippen LogP contribution in [0.2, 0.25) is 5.02 Å². The van der Waals surface area contributed by atoms with E-state index in [1.165, 1.54) is 18.4 Å². The molecule has 1 unspecified atom stereocenters. The molecule has 0 bridgehead atoms. The average Bonchev–Trinajstić information content (AvgIpc) is 3.22. The van der Waals surface area contributed by atoms with E-state index in [2.05, 4.69) is 43.1 Å². The number of ether oxygens (including phenoxy) is 1. The third-order valence-corrected chi connectivity index (χ3v) is 5.76. The Bertz CT molecular complexity index is 606. The summed E-state index contributed by atoms with van der Waals surface area (Å²) in [6.45, 7) is 12.2. The summed E-state index contributed by atoms with van der Waals surface area (Å²) in [5.41, 5.74) is 1.58. The lowest BCUT2D eigenvalue weighted by Gasteiger charge is -2.27. The first-order valence-electron chi connectivity index (χ1n) is 9.31. The van der Waals surface area contributed by atoms with E-state index in [1.807, 2.05) is 12.1 Å². The number of hydrogen-bond donors (Lipinski definition) is 1. The zero-order chi connectivity index (χ0) is 17.9. The standard InChI is InChI=1S/C20H30ClN3O/c1-4-22-18(24-11-9-20(14-24)10-12-25-15-20)23-13-19(2,3)16-5-7-17(21)8-6-16/h5-8H,4,9-15H2,1-3H3,(H,22,23). The lowest BCUT2D eigenvalue weighted by molar-refractivity contribution is 0.156. The predicted molar refractivity (Wildman–Crippen MR) is 105 cm³/mol. The number of benzene rings is 1. The van der Waals surface area contributed by atoms with E-state index >= 15 is 0 Å². The molecule has 2 saturated heterocycles. The number of nitrogens with one attached hydrogen (secondary N) is 1. The summed E-state index contributed by atoms with van der Waals surface area (Å²) in [7, 11) is 0. The normalized spacial score (nSPS) is 24.3. The van der Waals surface area contributed by atoms with Crippen LogP contribution < -0.4 is 5.32 Å². The molecule has 1 aromatic rings. The van der Waals surface area contributed by atoms with Gasteiger partial charge in [0, 0.05) is 42.1 Å². The molecule has 2 heterocycles. The molecule has 25 heavy (non-hydrogen) atoms. The van der Waals surface area contributed by atoms with Gasteiger partial charge in [0.25, 0.3) is 0 Å². The van der Waals surface area contributed by atoms with E-state index in [0.29, 0.717) is 5.41 Å². The summed E-state index contributed by atoms with van der Waals surface area (Å²) < 4.78 is 5.65. The second kappa shape index (κ2) is 7.55. The topological polar surface area (TPSA) is 36.9 Å². The molecule has 4 nitrogen and oxygen atoms in total. The van der Waals surface area contributed by atoms with Crippen molar-refractivity contribution in [3.63, 3.8) is 0 Å². The fourth-order valence-electron chi connectivity index (χ4n) is 3.78. The third kappa shape index (κ3) is 4.29. The quantitative estimate of drug-likeness (QED) is 0.654. The van der Waals surface area contributed by atoms with Crippen LogP contribution in [0.15, 0.2) is 29.3 Å². The molecule has 1 N–H and O–H groups in total. The van der Waals surface area contributed by atoms with E-state index in [-0.39, 0.29) is 5.41 Å². The van der Waals surface area contributed by atoms with Crippen LogP contribution >= 0.6 is 11.6 Å². The van der Waals surface area contributed by atoms with Gasteiger partial charge in [0.15, 0.2) is 5.96 Å². The summed E-state index contributed by atoms with van der Waals surface area (Å²) in [5.74, 6) is 1.04. The predicted octanol–water partition coefficient (Wildman–Crippen LogP) is 3.70. The van der Waals surface area contributed by atoms with Gasteiger partial charge in [-0.2, -0.15) is 0 Å². The molecule has 0 amide bonds. The minimum Gasteiger partial charge on any atom is -0.381 e. The summed E-state index contributed by atoms with van der Waals surface area (Å²) in [5, 5.41) is 4.25. The molecule has 3 rings (SSSR count). The number of likely N-dealkylation sites (tertiary alicyclic amines) is 1. The molecule has 0 aromatic heterocycles. The molecule has 138 valence electrons. The molecule has 5 heteroatoms. The highest BCUT2D eigenvalue weighted by Crippen LogP contribution is 2.38. The first-order valence-corrected chi connectivity index (χ1v) is 9.69. The number of halogens is 1. The van der Waals surface area contributed by atoms with Crippen LogP contribution in [0.3, 0.4) is 0 Å². The maximum Gasteiger partial charge on any atom is 0.193 e. The van der Waals surface area contributed by atoms with Crippen molar-refractivity contribution in [1.82, 2.24) is 10.2 Å².